The number of carbonyl (C=O) groups is 1. The number of ketones is 1. The third-order valence-electron chi connectivity index (χ3n) is 3.94. The summed E-state index contributed by atoms with van der Waals surface area (Å²) >= 11 is 1.50. The fraction of sp³-hybridized carbons (Fsp3) is 0.263. The Bertz CT molecular complexity index is 954. The monoisotopic (exact) mass is 370 g/mol. The zero-order valence-corrected chi connectivity index (χ0v) is 15.1. The Kier molecular flexibility index (Phi) is 4.62. The Morgan fingerprint density at radius 3 is 2.88 bits per heavy atom. The second-order valence-corrected chi connectivity index (χ2v) is 6.75. The smallest absolute Gasteiger partial charge is 0.184 e. The number of nitrogens with one attached hydrogen (secondary N) is 1. The summed E-state index contributed by atoms with van der Waals surface area (Å²) in [6.07, 6.45) is 0. The number of Topliss-reactive ketones (excluding diaryl/α,β-unsaturated/α-hetero) is 1. The van der Waals surface area contributed by atoms with E-state index in [4.69, 9.17) is 14.2 Å². The second kappa shape index (κ2) is 7.21. The fourth-order valence-electron chi connectivity index (χ4n) is 2.71. The minimum absolute atomic E-state index is 0.0313. The first-order valence-electron chi connectivity index (χ1n) is 8.43. The van der Waals surface area contributed by atoms with Crippen molar-refractivity contribution in [2.24, 2.45) is 0 Å². The van der Waals surface area contributed by atoms with E-state index in [-0.39, 0.29) is 12.3 Å². The zero-order valence-electron chi connectivity index (χ0n) is 14.3. The number of benzene rings is 2. The molecule has 1 aromatic heterocycles. The number of rotatable bonds is 6. The van der Waals surface area contributed by atoms with Crippen LogP contribution in [0.25, 0.3) is 10.2 Å². The summed E-state index contributed by atoms with van der Waals surface area (Å²) in [6, 6.07) is 11.0. The van der Waals surface area contributed by atoms with Gasteiger partial charge in [0.1, 0.15) is 19.0 Å². The van der Waals surface area contributed by atoms with Crippen molar-refractivity contribution in [1.82, 2.24) is 4.98 Å². The third kappa shape index (κ3) is 3.43. The minimum Gasteiger partial charge on any atom is -0.494 e. The summed E-state index contributed by atoms with van der Waals surface area (Å²) < 4.78 is 17.5. The quantitative estimate of drug-likeness (QED) is 0.666. The van der Waals surface area contributed by atoms with Gasteiger partial charge in [-0.25, -0.2) is 4.98 Å². The highest BCUT2D eigenvalue weighted by Gasteiger charge is 2.15. The minimum atomic E-state index is -0.0313. The molecule has 6 nitrogen and oxygen atoms in total. The van der Waals surface area contributed by atoms with Gasteiger partial charge in [0, 0.05) is 5.56 Å². The number of nitrogens with zero attached hydrogens (tertiary/aromatic N) is 1. The summed E-state index contributed by atoms with van der Waals surface area (Å²) in [4.78, 5) is 17.0. The molecule has 2 aromatic carbocycles. The average Bonchev–Trinajstić information content (AvgIpc) is 3.08. The molecule has 2 heterocycles. The van der Waals surface area contributed by atoms with E-state index in [0.29, 0.717) is 42.0 Å². The molecule has 0 unspecified atom stereocenters. The molecule has 7 heteroatoms. The molecule has 0 saturated heterocycles. The Hall–Kier alpha value is -2.80. The van der Waals surface area contributed by atoms with Gasteiger partial charge in [0.05, 0.1) is 23.4 Å². The van der Waals surface area contributed by atoms with E-state index in [0.717, 1.165) is 16.0 Å². The molecular weight excluding hydrogens is 352 g/mol. The third-order valence-corrected chi connectivity index (χ3v) is 4.91. The van der Waals surface area contributed by atoms with Crippen LogP contribution in [0.3, 0.4) is 0 Å². The molecule has 0 spiro atoms. The van der Waals surface area contributed by atoms with Crippen molar-refractivity contribution < 1.29 is 19.0 Å². The van der Waals surface area contributed by atoms with Crippen LogP contribution in [0.4, 0.5) is 5.13 Å². The Morgan fingerprint density at radius 1 is 1.19 bits per heavy atom. The van der Waals surface area contributed by atoms with Gasteiger partial charge in [-0.2, -0.15) is 0 Å². The summed E-state index contributed by atoms with van der Waals surface area (Å²) in [6.45, 7) is 3.77. The van der Waals surface area contributed by atoms with Crippen molar-refractivity contribution in [2.45, 2.75) is 6.92 Å². The summed E-state index contributed by atoms with van der Waals surface area (Å²) in [5, 5.41) is 3.82. The van der Waals surface area contributed by atoms with Gasteiger partial charge in [-0.15, -0.1) is 0 Å². The first-order valence-corrected chi connectivity index (χ1v) is 9.24. The van der Waals surface area contributed by atoms with Crippen molar-refractivity contribution >= 4 is 32.5 Å². The first kappa shape index (κ1) is 16.7. The van der Waals surface area contributed by atoms with Gasteiger partial charge in [0.15, 0.2) is 22.4 Å². The van der Waals surface area contributed by atoms with Crippen LogP contribution in [0.2, 0.25) is 0 Å². The number of anilines is 1. The van der Waals surface area contributed by atoms with E-state index in [1.165, 1.54) is 11.3 Å². The molecule has 3 aromatic rings. The summed E-state index contributed by atoms with van der Waals surface area (Å²) in [5.41, 5.74) is 1.47. The number of hydrogen-bond donors (Lipinski definition) is 1. The van der Waals surface area contributed by atoms with Crippen LogP contribution in [-0.4, -0.2) is 37.1 Å². The largest absolute Gasteiger partial charge is 0.494 e. The van der Waals surface area contributed by atoms with Gasteiger partial charge in [-0.3, -0.25) is 4.79 Å². The lowest BCUT2D eigenvalue weighted by molar-refractivity contribution is 0.100. The van der Waals surface area contributed by atoms with E-state index in [2.05, 4.69) is 10.3 Å². The molecule has 0 fully saturated rings. The van der Waals surface area contributed by atoms with E-state index >= 15 is 0 Å². The highest BCUT2D eigenvalue weighted by atomic mass is 32.1. The second-order valence-electron chi connectivity index (χ2n) is 5.72. The van der Waals surface area contributed by atoms with Crippen LogP contribution in [0.15, 0.2) is 36.4 Å². The van der Waals surface area contributed by atoms with Crippen molar-refractivity contribution in [3.8, 4) is 17.2 Å². The zero-order chi connectivity index (χ0) is 17.9. The van der Waals surface area contributed by atoms with Gasteiger partial charge in [0.2, 0.25) is 0 Å². The van der Waals surface area contributed by atoms with Crippen LogP contribution in [0, 0.1) is 0 Å². The fourth-order valence-corrected chi connectivity index (χ4v) is 3.60. The van der Waals surface area contributed by atoms with Gasteiger partial charge >= 0.3 is 0 Å². The lowest BCUT2D eigenvalue weighted by atomic mass is 10.1. The molecule has 1 N–H and O–H groups in total. The number of aromatic nitrogens is 1. The lowest BCUT2D eigenvalue weighted by Crippen LogP contribution is -2.17. The Balaban J connectivity index is 1.45. The lowest BCUT2D eigenvalue weighted by Gasteiger charge is -2.18. The molecule has 4 rings (SSSR count). The molecule has 26 heavy (non-hydrogen) atoms. The average molecular weight is 370 g/mol. The molecule has 0 saturated carbocycles. The van der Waals surface area contributed by atoms with Crippen molar-refractivity contribution in [1.29, 1.82) is 0 Å². The molecule has 0 bridgehead atoms. The molecule has 0 atom stereocenters. The Morgan fingerprint density at radius 2 is 2.04 bits per heavy atom. The summed E-state index contributed by atoms with van der Waals surface area (Å²) in [7, 11) is 0. The first-order chi connectivity index (χ1) is 12.7. The van der Waals surface area contributed by atoms with E-state index in [1.807, 2.05) is 25.1 Å². The highest BCUT2D eigenvalue weighted by molar-refractivity contribution is 7.22. The number of fused-ring (bicyclic) bond motifs is 2. The molecule has 1 aliphatic rings. The maximum absolute atomic E-state index is 12.5. The van der Waals surface area contributed by atoms with Gasteiger partial charge < -0.3 is 19.5 Å². The van der Waals surface area contributed by atoms with Gasteiger partial charge in [0.25, 0.3) is 0 Å². The van der Waals surface area contributed by atoms with Gasteiger partial charge in [-0.1, -0.05) is 11.3 Å². The molecule has 0 radical (unpaired) electrons. The molecule has 0 amide bonds. The molecule has 134 valence electrons. The summed E-state index contributed by atoms with van der Waals surface area (Å²) in [5.74, 6) is 2.08. The topological polar surface area (TPSA) is 69.7 Å². The highest BCUT2D eigenvalue weighted by Crippen LogP contribution is 2.31. The van der Waals surface area contributed by atoms with Crippen molar-refractivity contribution in [2.75, 3.05) is 31.7 Å². The van der Waals surface area contributed by atoms with Crippen LogP contribution < -0.4 is 19.5 Å². The van der Waals surface area contributed by atoms with Crippen LogP contribution >= 0.6 is 11.3 Å². The SMILES string of the molecule is CCOc1ccc2nc(NCC(=O)c3ccc4c(c3)OCCO4)sc2c1. The van der Waals surface area contributed by atoms with Crippen molar-refractivity contribution in [3.63, 3.8) is 0 Å². The van der Waals surface area contributed by atoms with Crippen LogP contribution in [0.1, 0.15) is 17.3 Å². The molecular formula is C19H18N2O4S. The van der Waals surface area contributed by atoms with Crippen LogP contribution in [-0.2, 0) is 0 Å². The maximum atomic E-state index is 12.5. The number of thiazole rings is 1. The van der Waals surface area contributed by atoms with E-state index in [9.17, 15) is 4.79 Å². The van der Waals surface area contributed by atoms with E-state index in [1.54, 1.807) is 18.2 Å². The molecule has 1 aliphatic heterocycles. The normalized spacial score (nSPS) is 12.8. The predicted molar refractivity (Wildman–Crippen MR) is 101 cm³/mol. The van der Waals surface area contributed by atoms with Crippen molar-refractivity contribution in [3.05, 3.63) is 42.0 Å². The van der Waals surface area contributed by atoms with E-state index < -0.39 is 0 Å². The maximum Gasteiger partial charge on any atom is 0.184 e. The molecule has 0 aliphatic carbocycles. The standard InChI is InChI=1S/C19H18N2O4S/c1-2-23-13-4-5-14-18(10-13)26-19(21-14)20-11-15(22)12-3-6-16-17(9-12)25-8-7-24-16/h3-6,9-10H,2,7-8,11H2,1H3,(H,20,21). The number of hydrogen-bond acceptors (Lipinski definition) is 7. The number of carbonyl (C=O) groups excluding carboxylic acids is 1. The predicted octanol–water partition coefficient (Wildman–Crippen LogP) is 3.76. The number of ether oxygens (including phenoxy) is 3. The van der Waals surface area contributed by atoms with Gasteiger partial charge in [-0.05, 0) is 43.3 Å². The van der Waals surface area contributed by atoms with Crippen LogP contribution in [0.5, 0.6) is 17.2 Å². The Labute approximate surface area is 154 Å².